The van der Waals surface area contributed by atoms with Crippen LogP contribution in [0.4, 0.5) is 4.79 Å². The summed E-state index contributed by atoms with van der Waals surface area (Å²) in [5, 5.41) is 0. The van der Waals surface area contributed by atoms with Crippen molar-refractivity contribution in [3.05, 3.63) is 0 Å². The van der Waals surface area contributed by atoms with Gasteiger partial charge in [-0.3, -0.25) is 0 Å². The molecule has 0 fully saturated rings. The third-order valence-corrected chi connectivity index (χ3v) is 1.30. The van der Waals surface area contributed by atoms with Crippen LogP contribution in [0.1, 0.15) is 20.8 Å². The van der Waals surface area contributed by atoms with Crippen LogP contribution >= 0.6 is 0 Å². The molecule has 3 nitrogen and oxygen atoms in total. The van der Waals surface area contributed by atoms with Gasteiger partial charge in [-0.05, 0) is 0 Å². The summed E-state index contributed by atoms with van der Waals surface area (Å²) in [4.78, 5) is 10.4. The Morgan fingerprint density at radius 2 is 2.00 bits per heavy atom. The van der Waals surface area contributed by atoms with Crippen LogP contribution in [0.15, 0.2) is 0 Å². The second-order valence-electron chi connectivity index (χ2n) is 2.61. The Kier molecular flexibility index (Phi) is 3.50. The van der Waals surface area contributed by atoms with Gasteiger partial charge >= 0.3 is 64.9 Å². The Labute approximate surface area is 65.2 Å². The normalized spacial score (nSPS) is 11.1. The Bertz CT molecular complexity index is 105. The molecule has 0 unspecified atom stereocenters. The van der Waals surface area contributed by atoms with Crippen molar-refractivity contribution >= 4 is 25.5 Å². The standard InChI is InChI=1S/C5H9O2.H2O.Sn/c1-5(2,3)7-4-6;;/h1-3H3;1H2;/q;;+1/p-1. The molecule has 52 valence electrons. The topological polar surface area (TPSA) is 46.5 Å². The van der Waals surface area contributed by atoms with E-state index in [1.54, 1.807) is 20.8 Å². The van der Waals surface area contributed by atoms with Crippen LogP contribution in [0.2, 0.25) is 0 Å². The van der Waals surface area contributed by atoms with Gasteiger partial charge in [0.05, 0.1) is 0 Å². The van der Waals surface area contributed by atoms with E-state index in [9.17, 15) is 4.79 Å². The monoisotopic (exact) mass is 238 g/mol. The van der Waals surface area contributed by atoms with Crippen LogP contribution < -0.4 is 0 Å². The minimum atomic E-state index is -1.84. The first-order valence-corrected chi connectivity index (χ1v) is 5.29. The van der Waals surface area contributed by atoms with Crippen molar-refractivity contribution in [1.29, 1.82) is 0 Å². The zero-order valence-electron chi connectivity index (χ0n) is 5.76. The van der Waals surface area contributed by atoms with Crippen molar-refractivity contribution in [2.24, 2.45) is 0 Å². The molecule has 0 heterocycles. The molecule has 4 heteroatoms. The SMILES string of the molecule is CC(C)(C)O[C](=O)[Sn][OH]. The van der Waals surface area contributed by atoms with Gasteiger partial charge in [0.25, 0.3) is 0 Å². The average Bonchev–Trinajstić information content (AvgIpc) is 1.62. The first-order chi connectivity index (χ1) is 3.95. The van der Waals surface area contributed by atoms with E-state index >= 15 is 0 Å². The molecule has 9 heavy (non-hydrogen) atoms. The first kappa shape index (κ1) is 9.23. The maximum absolute atomic E-state index is 10.4. The number of carbonyl (C=O) groups excluding carboxylic acids is 1. The van der Waals surface area contributed by atoms with Crippen LogP contribution in [0.5, 0.6) is 0 Å². The molecule has 0 saturated carbocycles. The van der Waals surface area contributed by atoms with E-state index in [4.69, 9.17) is 8.18 Å². The zero-order chi connectivity index (χ0) is 7.49. The summed E-state index contributed by atoms with van der Waals surface area (Å²) in [6, 6.07) is 0. The van der Waals surface area contributed by atoms with Crippen LogP contribution in [0.3, 0.4) is 0 Å². The molecule has 0 aliphatic rings. The minimum absolute atomic E-state index is 0.411. The number of hydrogen-bond donors (Lipinski definition) is 1. The molecular weight excluding hydrogens is 227 g/mol. The van der Waals surface area contributed by atoms with Crippen molar-refractivity contribution < 1.29 is 13.0 Å². The number of carbonyl (C=O) groups is 1. The molecule has 1 N–H and O–H groups in total. The van der Waals surface area contributed by atoms with E-state index in [-0.39, 0.29) is 0 Å². The van der Waals surface area contributed by atoms with E-state index in [1.807, 2.05) is 0 Å². The first-order valence-electron chi connectivity index (χ1n) is 2.59. The summed E-state index contributed by atoms with van der Waals surface area (Å²) in [6.45, 7) is 5.33. The summed E-state index contributed by atoms with van der Waals surface area (Å²) in [6.07, 6.45) is 0. The fourth-order valence-corrected chi connectivity index (χ4v) is 1.31. The van der Waals surface area contributed by atoms with Gasteiger partial charge in [0, 0.05) is 0 Å². The molecule has 0 atom stereocenters. The summed E-state index contributed by atoms with van der Waals surface area (Å²) in [5.41, 5.74) is -0.444. The van der Waals surface area contributed by atoms with Crippen LogP contribution in [-0.2, 0) is 4.74 Å². The Balaban J connectivity index is 3.60. The van der Waals surface area contributed by atoms with Crippen molar-refractivity contribution in [2.45, 2.75) is 26.4 Å². The third-order valence-electron chi connectivity index (χ3n) is 0.490. The van der Waals surface area contributed by atoms with Crippen molar-refractivity contribution in [2.75, 3.05) is 0 Å². The second-order valence-corrected chi connectivity index (χ2v) is 4.42. The van der Waals surface area contributed by atoms with Gasteiger partial charge in [0.15, 0.2) is 0 Å². The van der Waals surface area contributed by atoms with Gasteiger partial charge in [0.2, 0.25) is 0 Å². The molecule has 0 aliphatic heterocycles. The van der Waals surface area contributed by atoms with Gasteiger partial charge in [-0.25, -0.2) is 0 Å². The molecule has 0 rings (SSSR count). The summed E-state index contributed by atoms with van der Waals surface area (Å²) >= 11 is -1.84. The molecule has 0 saturated heterocycles. The van der Waals surface area contributed by atoms with Crippen molar-refractivity contribution in [3.63, 3.8) is 0 Å². The Hall–Kier alpha value is 0.229. The Morgan fingerprint density at radius 3 is 2.11 bits per heavy atom. The molecule has 0 bridgehead atoms. The van der Waals surface area contributed by atoms with Crippen LogP contribution in [0, 0.1) is 0 Å². The zero-order valence-corrected chi connectivity index (χ0v) is 8.62. The average molecular weight is 237 g/mol. The number of hydrogen-bond acceptors (Lipinski definition) is 3. The van der Waals surface area contributed by atoms with Gasteiger partial charge in [-0.15, -0.1) is 0 Å². The quantitative estimate of drug-likeness (QED) is 0.676. The molecule has 0 aliphatic carbocycles. The van der Waals surface area contributed by atoms with Gasteiger partial charge in [-0.1, -0.05) is 0 Å². The number of ether oxygens (including phenoxy) is 1. The molecule has 0 aromatic rings. The molecule has 0 aromatic carbocycles. The van der Waals surface area contributed by atoms with Crippen molar-refractivity contribution in [1.82, 2.24) is 0 Å². The van der Waals surface area contributed by atoms with E-state index in [0.717, 1.165) is 0 Å². The summed E-state index contributed by atoms with van der Waals surface area (Å²) in [5.74, 6) is 0. The van der Waals surface area contributed by atoms with Crippen molar-refractivity contribution in [3.8, 4) is 0 Å². The number of rotatable bonds is 1. The molecule has 0 aromatic heterocycles. The summed E-state index contributed by atoms with van der Waals surface area (Å²) < 4.78 is 12.8. The maximum atomic E-state index is 10.4. The summed E-state index contributed by atoms with van der Waals surface area (Å²) in [7, 11) is 0. The van der Waals surface area contributed by atoms with E-state index < -0.39 is 31.1 Å². The molecule has 0 spiro atoms. The second kappa shape index (κ2) is 3.41. The molecular formula is C5H10O3Sn. The van der Waals surface area contributed by atoms with E-state index in [0.29, 0.717) is 0 Å². The van der Waals surface area contributed by atoms with Gasteiger partial charge in [0.1, 0.15) is 0 Å². The fraction of sp³-hybridized carbons (Fsp3) is 0.800. The predicted octanol–water partition coefficient (Wildman–Crippen LogP) is 0.533. The van der Waals surface area contributed by atoms with Crippen LogP contribution in [-0.4, -0.2) is 34.6 Å². The van der Waals surface area contributed by atoms with Crippen LogP contribution in [0.25, 0.3) is 0 Å². The van der Waals surface area contributed by atoms with E-state index in [1.165, 1.54) is 0 Å². The van der Waals surface area contributed by atoms with E-state index in [2.05, 4.69) is 0 Å². The Morgan fingerprint density at radius 1 is 1.56 bits per heavy atom. The fourth-order valence-electron chi connectivity index (χ4n) is 0.301. The predicted molar refractivity (Wildman–Crippen MR) is 34.2 cm³/mol. The van der Waals surface area contributed by atoms with Gasteiger partial charge < -0.3 is 0 Å². The molecule has 0 amide bonds. The van der Waals surface area contributed by atoms with Gasteiger partial charge in [-0.2, -0.15) is 0 Å². The molecule has 2 radical (unpaired) electrons. The third kappa shape index (κ3) is 6.11.